The molecule has 0 aliphatic carbocycles. The van der Waals surface area contributed by atoms with Gasteiger partial charge in [0.2, 0.25) is 0 Å². The van der Waals surface area contributed by atoms with E-state index in [1.54, 1.807) is 42.5 Å². The first kappa shape index (κ1) is 15.1. The summed E-state index contributed by atoms with van der Waals surface area (Å²) in [5.41, 5.74) is 0.380. The Morgan fingerprint density at radius 3 is 2.83 bits per heavy atom. The van der Waals surface area contributed by atoms with E-state index in [1.165, 1.54) is 7.11 Å². The minimum Gasteiger partial charge on any atom is -0.495 e. The van der Waals surface area contributed by atoms with Crippen LogP contribution in [0.1, 0.15) is 10.5 Å². The third-order valence-corrected chi connectivity index (χ3v) is 3.50. The molecule has 0 aliphatic rings. The van der Waals surface area contributed by atoms with Crippen molar-refractivity contribution in [1.82, 2.24) is 9.97 Å². The van der Waals surface area contributed by atoms with Crippen molar-refractivity contribution < 1.29 is 9.53 Å². The molecule has 1 heterocycles. The third-order valence-electron chi connectivity index (χ3n) is 3.26. The van der Waals surface area contributed by atoms with E-state index in [0.29, 0.717) is 27.4 Å². The zero-order valence-corrected chi connectivity index (χ0v) is 12.8. The molecule has 7 heteroatoms. The average molecular weight is 330 g/mol. The molecule has 116 valence electrons. The number of halogens is 1. The zero-order chi connectivity index (χ0) is 16.4. The van der Waals surface area contributed by atoms with Gasteiger partial charge in [-0.2, -0.15) is 4.98 Å². The number of aromatic amines is 1. The minimum absolute atomic E-state index is 0.0337. The lowest BCUT2D eigenvalue weighted by atomic mass is 10.1. The number of para-hydroxylation sites is 1. The molecule has 0 saturated heterocycles. The highest BCUT2D eigenvalue weighted by Crippen LogP contribution is 2.28. The number of H-pyrrole nitrogens is 1. The van der Waals surface area contributed by atoms with Gasteiger partial charge in [0.1, 0.15) is 11.4 Å². The number of carbonyl (C=O) groups excluding carboxylic acids is 1. The Kier molecular flexibility index (Phi) is 3.99. The number of nitrogens with zero attached hydrogens (tertiary/aromatic N) is 1. The Morgan fingerprint density at radius 2 is 2.04 bits per heavy atom. The average Bonchev–Trinajstić information content (AvgIpc) is 2.54. The van der Waals surface area contributed by atoms with Crippen molar-refractivity contribution in [2.75, 3.05) is 12.4 Å². The number of hydrogen-bond donors (Lipinski definition) is 2. The summed E-state index contributed by atoms with van der Waals surface area (Å²) in [4.78, 5) is 30.5. The highest BCUT2D eigenvalue weighted by Gasteiger charge is 2.15. The van der Waals surface area contributed by atoms with Crippen molar-refractivity contribution in [3.63, 3.8) is 0 Å². The van der Waals surface area contributed by atoms with Gasteiger partial charge in [0, 0.05) is 10.4 Å². The zero-order valence-electron chi connectivity index (χ0n) is 12.1. The largest absolute Gasteiger partial charge is 0.495 e. The maximum Gasteiger partial charge on any atom is 0.346 e. The minimum atomic E-state index is -0.591. The molecule has 6 nitrogen and oxygen atoms in total. The van der Waals surface area contributed by atoms with E-state index in [0.717, 1.165) is 0 Å². The van der Waals surface area contributed by atoms with Crippen LogP contribution in [0.3, 0.4) is 0 Å². The molecule has 0 bridgehead atoms. The fourth-order valence-electron chi connectivity index (χ4n) is 2.24. The van der Waals surface area contributed by atoms with Crippen molar-refractivity contribution in [1.29, 1.82) is 0 Å². The lowest BCUT2D eigenvalue weighted by Crippen LogP contribution is -2.21. The molecule has 0 atom stereocenters. The number of rotatable bonds is 3. The van der Waals surface area contributed by atoms with Gasteiger partial charge in [0.15, 0.2) is 0 Å². The summed E-state index contributed by atoms with van der Waals surface area (Å²) in [6.07, 6.45) is 0. The Balaban J connectivity index is 2.05. The molecule has 0 spiro atoms. The Labute approximate surface area is 136 Å². The predicted molar refractivity (Wildman–Crippen MR) is 88.3 cm³/mol. The fraction of sp³-hybridized carbons (Fsp3) is 0.0625. The number of amides is 1. The van der Waals surface area contributed by atoms with E-state index >= 15 is 0 Å². The number of fused-ring (bicyclic) bond motifs is 1. The van der Waals surface area contributed by atoms with Crippen LogP contribution in [0.4, 0.5) is 5.69 Å². The first-order chi connectivity index (χ1) is 11.1. The monoisotopic (exact) mass is 329 g/mol. The van der Waals surface area contributed by atoms with Crippen molar-refractivity contribution >= 4 is 34.1 Å². The number of hydrogen-bond acceptors (Lipinski definition) is 4. The van der Waals surface area contributed by atoms with E-state index in [1.807, 2.05) is 0 Å². The fourth-order valence-corrected chi connectivity index (χ4v) is 2.41. The quantitative estimate of drug-likeness (QED) is 0.774. The number of aromatic nitrogens is 2. The molecular formula is C16H12ClN3O3. The molecule has 3 rings (SSSR count). The summed E-state index contributed by atoms with van der Waals surface area (Å²) in [5, 5.41) is 3.67. The molecule has 0 aliphatic heterocycles. The van der Waals surface area contributed by atoms with Crippen LogP contribution < -0.4 is 15.7 Å². The lowest BCUT2D eigenvalue weighted by Gasteiger charge is -2.11. The number of benzene rings is 2. The number of nitrogens with one attached hydrogen (secondary N) is 2. The van der Waals surface area contributed by atoms with Crippen molar-refractivity contribution in [2.45, 2.75) is 0 Å². The Bertz CT molecular complexity index is 953. The Morgan fingerprint density at radius 1 is 1.26 bits per heavy atom. The van der Waals surface area contributed by atoms with Crippen LogP contribution >= 0.6 is 11.6 Å². The van der Waals surface area contributed by atoms with Crippen molar-refractivity contribution in [3.8, 4) is 5.75 Å². The van der Waals surface area contributed by atoms with E-state index < -0.39 is 11.6 Å². The molecule has 0 saturated carbocycles. The third kappa shape index (κ3) is 3.02. The van der Waals surface area contributed by atoms with Crippen molar-refractivity contribution in [3.05, 3.63) is 63.7 Å². The molecular weight excluding hydrogens is 318 g/mol. The van der Waals surface area contributed by atoms with Crippen LogP contribution in [0.15, 0.2) is 47.3 Å². The van der Waals surface area contributed by atoms with E-state index in [-0.39, 0.29) is 5.69 Å². The number of anilines is 1. The molecule has 3 aromatic rings. The number of methoxy groups -OCH3 is 1. The summed E-state index contributed by atoms with van der Waals surface area (Å²) in [6, 6.07) is 11.8. The smallest absolute Gasteiger partial charge is 0.346 e. The van der Waals surface area contributed by atoms with Gasteiger partial charge in [0.05, 0.1) is 18.3 Å². The van der Waals surface area contributed by atoms with Crippen LogP contribution in [0.5, 0.6) is 5.75 Å². The first-order valence-electron chi connectivity index (χ1n) is 6.72. The lowest BCUT2D eigenvalue weighted by molar-refractivity contribution is 0.102. The van der Waals surface area contributed by atoms with Crippen LogP contribution in [-0.4, -0.2) is 23.0 Å². The van der Waals surface area contributed by atoms with Crippen LogP contribution in [0.25, 0.3) is 10.9 Å². The Hall–Kier alpha value is -2.86. The molecule has 2 N–H and O–H groups in total. The molecule has 0 radical (unpaired) electrons. The van der Waals surface area contributed by atoms with Gasteiger partial charge in [-0.15, -0.1) is 0 Å². The molecule has 0 fully saturated rings. The SMILES string of the molecule is COc1ccc(Cl)cc1NC(=O)c1nc(=O)[nH]c2ccccc12. The summed E-state index contributed by atoms with van der Waals surface area (Å²) in [5.74, 6) is -0.0650. The maximum absolute atomic E-state index is 12.5. The second-order valence-corrected chi connectivity index (χ2v) is 5.17. The first-order valence-corrected chi connectivity index (χ1v) is 7.10. The van der Waals surface area contributed by atoms with Gasteiger partial charge >= 0.3 is 5.69 Å². The maximum atomic E-state index is 12.5. The molecule has 1 aromatic heterocycles. The van der Waals surface area contributed by atoms with Gasteiger partial charge in [-0.3, -0.25) is 4.79 Å². The summed E-state index contributed by atoms with van der Waals surface area (Å²) in [7, 11) is 1.49. The number of carbonyl (C=O) groups is 1. The topological polar surface area (TPSA) is 84.1 Å². The van der Waals surface area contributed by atoms with Gasteiger partial charge in [0.25, 0.3) is 5.91 Å². The highest BCUT2D eigenvalue weighted by atomic mass is 35.5. The van der Waals surface area contributed by atoms with Gasteiger partial charge < -0.3 is 15.0 Å². The van der Waals surface area contributed by atoms with E-state index in [2.05, 4.69) is 15.3 Å². The second-order valence-electron chi connectivity index (χ2n) is 4.73. The molecule has 23 heavy (non-hydrogen) atoms. The summed E-state index contributed by atoms with van der Waals surface area (Å²) in [6.45, 7) is 0. The summed E-state index contributed by atoms with van der Waals surface area (Å²) >= 11 is 5.95. The standard InChI is InChI=1S/C16H12ClN3O3/c1-23-13-7-6-9(17)8-12(13)18-15(21)14-10-4-2-3-5-11(10)19-16(22)20-14/h2-8H,1H3,(H,18,21)(H,19,20,22). The molecule has 1 amide bonds. The van der Waals surface area contributed by atoms with Crippen LogP contribution in [0, 0.1) is 0 Å². The normalized spacial score (nSPS) is 10.5. The van der Waals surface area contributed by atoms with E-state index in [4.69, 9.17) is 16.3 Å². The van der Waals surface area contributed by atoms with E-state index in [9.17, 15) is 9.59 Å². The van der Waals surface area contributed by atoms with Crippen LogP contribution in [0.2, 0.25) is 5.02 Å². The number of ether oxygens (including phenoxy) is 1. The van der Waals surface area contributed by atoms with Gasteiger partial charge in [-0.05, 0) is 24.3 Å². The molecule has 2 aromatic carbocycles. The van der Waals surface area contributed by atoms with Crippen molar-refractivity contribution in [2.24, 2.45) is 0 Å². The van der Waals surface area contributed by atoms with Crippen LogP contribution in [-0.2, 0) is 0 Å². The predicted octanol–water partition coefficient (Wildman–Crippen LogP) is 2.84. The highest BCUT2D eigenvalue weighted by molar-refractivity contribution is 6.31. The summed E-state index contributed by atoms with van der Waals surface area (Å²) < 4.78 is 5.19. The van der Waals surface area contributed by atoms with Gasteiger partial charge in [-0.1, -0.05) is 29.8 Å². The molecule has 0 unspecified atom stereocenters. The second kappa shape index (κ2) is 6.10. The van der Waals surface area contributed by atoms with Gasteiger partial charge in [-0.25, -0.2) is 4.79 Å².